The number of alkyl halides is 3. The smallest absolute Gasteiger partial charge is 0.305 e. The third-order valence-corrected chi connectivity index (χ3v) is 5.03. The van der Waals surface area contributed by atoms with E-state index in [1.807, 2.05) is 0 Å². The molecule has 0 amide bonds. The van der Waals surface area contributed by atoms with Crippen molar-refractivity contribution >= 4 is 11.8 Å². The van der Waals surface area contributed by atoms with Crippen LogP contribution in [0.4, 0.5) is 17.6 Å². The summed E-state index contributed by atoms with van der Waals surface area (Å²) in [7, 11) is 1.60. The summed E-state index contributed by atoms with van der Waals surface area (Å²) in [6, 6.07) is 9.91. The summed E-state index contributed by atoms with van der Waals surface area (Å²) in [6.45, 7) is 0. The van der Waals surface area contributed by atoms with Crippen LogP contribution in [-0.4, -0.2) is 29.7 Å². The summed E-state index contributed by atoms with van der Waals surface area (Å²) in [6.07, 6.45) is -1.78. The fourth-order valence-corrected chi connectivity index (χ4v) is 3.42. The van der Waals surface area contributed by atoms with Crippen molar-refractivity contribution in [2.24, 2.45) is 7.05 Å². The molecule has 0 aliphatic carbocycles. The van der Waals surface area contributed by atoms with Crippen molar-refractivity contribution in [3.63, 3.8) is 0 Å². The fourth-order valence-electron chi connectivity index (χ4n) is 2.63. The Balaban J connectivity index is 1.74. The lowest BCUT2D eigenvalue weighted by Crippen LogP contribution is -2.10. The number of aromatic nitrogens is 6. The molecule has 0 aliphatic rings. The van der Waals surface area contributed by atoms with Gasteiger partial charge in [0, 0.05) is 31.1 Å². The predicted molar refractivity (Wildman–Crippen MR) is 101 cm³/mol. The van der Waals surface area contributed by atoms with Crippen molar-refractivity contribution in [1.29, 1.82) is 0 Å². The Kier molecular flexibility index (Phi) is 5.20. The highest BCUT2D eigenvalue weighted by Crippen LogP contribution is 2.34. The van der Waals surface area contributed by atoms with E-state index >= 15 is 0 Å². The first-order chi connectivity index (χ1) is 14.3. The standard InChI is InChI=1S/C19H12F4N6S/c1-29-17(12-4-2-3-5-13(12)20)27-28-18(29)30-15-10-14(19(21,22)23)25-16(26-15)11-6-8-24-9-7-11/h2-10H,1H3. The van der Waals surface area contributed by atoms with Gasteiger partial charge >= 0.3 is 6.18 Å². The molecule has 0 atom stereocenters. The number of pyridine rings is 1. The number of rotatable bonds is 4. The zero-order valence-corrected chi connectivity index (χ0v) is 16.1. The van der Waals surface area contributed by atoms with Crippen molar-refractivity contribution < 1.29 is 17.6 Å². The second-order valence-corrected chi connectivity index (χ2v) is 7.08. The van der Waals surface area contributed by atoms with Crippen LogP contribution in [0.3, 0.4) is 0 Å². The lowest BCUT2D eigenvalue weighted by Gasteiger charge is -2.10. The fraction of sp³-hybridized carbons (Fsp3) is 0.105. The molecule has 0 spiro atoms. The molecular formula is C19H12F4N6S. The summed E-state index contributed by atoms with van der Waals surface area (Å²) < 4.78 is 55.7. The van der Waals surface area contributed by atoms with Crippen molar-refractivity contribution in [3.05, 3.63) is 66.4 Å². The van der Waals surface area contributed by atoms with E-state index in [1.165, 1.54) is 35.2 Å². The number of nitrogens with zero attached hydrogens (tertiary/aromatic N) is 6. The summed E-state index contributed by atoms with van der Waals surface area (Å²) >= 11 is 0.875. The van der Waals surface area contributed by atoms with E-state index in [0.29, 0.717) is 5.56 Å². The minimum absolute atomic E-state index is 0.0275. The molecule has 4 rings (SSSR count). The van der Waals surface area contributed by atoms with Crippen molar-refractivity contribution in [2.75, 3.05) is 0 Å². The van der Waals surface area contributed by atoms with Crippen molar-refractivity contribution in [3.8, 4) is 22.8 Å². The zero-order valence-electron chi connectivity index (χ0n) is 15.3. The molecule has 0 radical (unpaired) electrons. The summed E-state index contributed by atoms with van der Waals surface area (Å²) in [5, 5.41) is 8.23. The van der Waals surface area contributed by atoms with E-state index in [4.69, 9.17) is 0 Å². The SMILES string of the molecule is Cn1c(Sc2cc(C(F)(F)F)nc(-c3ccncc3)n2)nnc1-c1ccccc1F. The molecule has 1 aromatic carbocycles. The normalized spacial score (nSPS) is 11.6. The highest BCUT2D eigenvalue weighted by Gasteiger charge is 2.34. The Hall–Kier alpha value is -3.34. The minimum atomic E-state index is -4.65. The van der Waals surface area contributed by atoms with Gasteiger partial charge in [-0.05, 0) is 36.0 Å². The van der Waals surface area contributed by atoms with Crippen LogP contribution in [0.25, 0.3) is 22.8 Å². The molecule has 4 aromatic rings. The first-order valence-electron chi connectivity index (χ1n) is 8.52. The van der Waals surface area contributed by atoms with Crippen LogP contribution in [-0.2, 0) is 13.2 Å². The Labute approximate surface area is 172 Å². The van der Waals surface area contributed by atoms with Gasteiger partial charge < -0.3 is 4.57 Å². The molecule has 0 bridgehead atoms. The van der Waals surface area contributed by atoms with Gasteiger partial charge in [-0.15, -0.1) is 10.2 Å². The maximum atomic E-state index is 14.1. The molecule has 0 aliphatic heterocycles. The number of halogens is 4. The zero-order chi connectivity index (χ0) is 21.3. The summed E-state index contributed by atoms with van der Waals surface area (Å²) in [4.78, 5) is 11.7. The molecule has 0 unspecified atom stereocenters. The van der Waals surface area contributed by atoms with Gasteiger partial charge in [0.15, 0.2) is 16.8 Å². The molecule has 0 saturated carbocycles. The minimum Gasteiger partial charge on any atom is -0.305 e. The molecule has 11 heteroatoms. The monoisotopic (exact) mass is 432 g/mol. The molecule has 3 aromatic heterocycles. The molecule has 6 nitrogen and oxygen atoms in total. The average Bonchev–Trinajstić information content (AvgIpc) is 3.08. The first kappa shape index (κ1) is 20.0. The van der Waals surface area contributed by atoms with E-state index in [-0.39, 0.29) is 27.4 Å². The van der Waals surface area contributed by atoms with Crippen LogP contribution in [0, 0.1) is 5.82 Å². The predicted octanol–water partition coefficient (Wildman–Crippen LogP) is 4.64. The molecule has 0 N–H and O–H groups in total. The molecule has 152 valence electrons. The van der Waals surface area contributed by atoms with Crippen LogP contribution < -0.4 is 0 Å². The van der Waals surface area contributed by atoms with Gasteiger partial charge in [0.05, 0.1) is 5.56 Å². The van der Waals surface area contributed by atoms with E-state index < -0.39 is 17.7 Å². The molecule has 0 saturated heterocycles. The van der Waals surface area contributed by atoms with E-state index in [2.05, 4.69) is 25.1 Å². The van der Waals surface area contributed by atoms with Gasteiger partial charge in [-0.3, -0.25) is 4.98 Å². The highest BCUT2D eigenvalue weighted by molar-refractivity contribution is 7.99. The van der Waals surface area contributed by atoms with Gasteiger partial charge in [0.25, 0.3) is 0 Å². The second kappa shape index (κ2) is 7.82. The molecule has 3 heterocycles. The number of hydrogen-bond donors (Lipinski definition) is 0. The highest BCUT2D eigenvalue weighted by atomic mass is 32.2. The third kappa shape index (κ3) is 4.01. The Morgan fingerprint density at radius 3 is 2.40 bits per heavy atom. The van der Waals surface area contributed by atoms with Crippen LogP contribution in [0.1, 0.15) is 5.69 Å². The summed E-state index contributed by atoms with van der Waals surface area (Å²) in [5.41, 5.74) is -0.457. The van der Waals surface area contributed by atoms with Crippen LogP contribution in [0.15, 0.2) is 65.0 Å². The van der Waals surface area contributed by atoms with Crippen LogP contribution >= 0.6 is 11.8 Å². The van der Waals surface area contributed by atoms with Crippen LogP contribution in [0.5, 0.6) is 0 Å². The van der Waals surface area contributed by atoms with Gasteiger partial charge in [0.2, 0.25) is 0 Å². The van der Waals surface area contributed by atoms with Gasteiger partial charge in [-0.25, -0.2) is 14.4 Å². The van der Waals surface area contributed by atoms with Gasteiger partial charge in [0.1, 0.15) is 16.5 Å². The van der Waals surface area contributed by atoms with Crippen molar-refractivity contribution in [1.82, 2.24) is 29.7 Å². The van der Waals surface area contributed by atoms with Gasteiger partial charge in [-0.1, -0.05) is 12.1 Å². The second-order valence-electron chi connectivity index (χ2n) is 6.10. The molecule has 0 fully saturated rings. The molecule has 30 heavy (non-hydrogen) atoms. The van der Waals surface area contributed by atoms with E-state index in [9.17, 15) is 17.6 Å². The van der Waals surface area contributed by atoms with Crippen LogP contribution in [0.2, 0.25) is 0 Å². The third-order valence-electron chi connectivity index (χ3n) is 4.08. The van der Waals surface area contributed by atoms with Crippen molar-refractivity contribution in [2.45, 2.75) is 16.4 Å². The maximum Gasteiger partial charge on any atom is 0.433 e. The number of hydrogen-bond acceptors (Lipinski definition) is 6. The van der Waals surface area contributed by atoms with E-state index in [0.717, 1.165) is 17.8 Å². The van der Waals surface area contributed by atoms with E-state index in [1.54, 1.807) is 25.2 Å². The topological polar surface area (TPSA) is 69.4 Å². The Bertz CT molecular complexity index is 1190. The number of benzene rings is 1. The lowest BCUT2D eigenvalue weighted by atomic mass is 10.2. The lowest BCUT2D eigenvalue weighted by molar-refractivity contribution is -0.141. The average molecular weight is 432 g/mol. The quantitative estimate of drug-likeness (QED) is 0.346. The first-order valence-corrected chi connectivity index (χ1v) is 9.33. The maximum absolute atomic E-state index is 14.1. The Morgan fingerprint density at radius 2 is 1.70 bits per heavy atom. The Morgan fingerprint density at radius 1 is 0.967 bits per heavy atom. The van der Waals surface area contributed by atoms with Gasteiger partial charge in [-0.2, -0.15) is 13.2 Å². The summed E-state index contributed by atoms with van der Waals surface area (Å²) in [5.74, 6) is -0.327. The molecular weight excluding hydrogens is 420 g/mol. The largest absolute Gasteiger partial charge is 0.433 e.